The van der Waals surface area contributed by atoms with E-state index in [1.807, 2.05) is 16.8 Å². The molecular weight excluding hydrogens is 396 g/mol. The minimum absolute atomic E-state index is 0.250. The van der Waals surface area contributed by atoms with Gasteiger partial charge in [0.25, 0.3) is 0 Å². The van der Waals surface area contributed by atoms with Gasteiger partial charge in [-0.05, 0) is 28.8 Å². The molecule has 1 unspecified atom stereocenters. The smallest absolute Gasteiger partial charge is 0.164 e. The standard InChI is InChI=1S/C25H38O2S2/c1-3-5-7-9-10-12-14-20(13-11-8-6-4-2)19-23(27)21-15-17-28-24(21)25-22(26)16-18-29-25/h15-18,20,26H,3-14,19H2,1-2H3. The van der Waals surface area contributed by atoms with E-state index in [1.165, 1.54) is 88.4 Å². The van der Waals surface area contributed by atoms with Crippen LogP contribution in [0.5, 0.6) is 5.75 Å². The van der Waals surface area contributed by atoms with Crippen LogP contribution in [-0.2, 0) is 0 Å². The second kappa shape index (κ2) is 14.0. The molecule has 0 spiro atoms. The first-order valence-corrected chi connectivity index (χ1v) is 13.3. The summed E-state index contributed by atoms with van der Waals surface area (Å²) in [6.07, 6.45) is 15.9. The molecule has 0 aromatic carbocycles. The second-order valence-electron chi connectivity index (χ2n) is 8.20. The van der Waals surface area contributed by atoms with Gasteiger partial charge in [0, 0.05) is 12.0 Å². The van der Waals surface area contributed by atoms with Crippen LogP contribution >= 0.6 is 22.7 Å². The fourth-order valence-electron chi connectivity index (χ4n) is 3.97. The van der Waals surface area contributed by atoms with Crippen molar-refractivity contribution in [2.24, 2.45) is 5.92 Å². The zero-order chi connectivity index (χ0) is 20.9. The number of hydrogen-bond acceptors (Lipinski definition) is 4. The molecule has 0 aliphatic carbocycles. The fraction of sp³-hybridized carbons (Fsp3) is 0.640. The van der Waals surface area contributed by atoms with Crippen LogP contribution in [0.3, 0.4) is 0 Å². The molecule has 0 saturated carbocycles. The lowest BCUT2D eigenvalue weighted by molar-refractivity contribution is 0.0956. The van der Waals surface area contributed by atoms with Gasteiger partial charge in [0.05, 0.1) is 9.75 Å². The average molecular weight is 435 g/mol. The van der Waals surface area contributed by atoms with Gasteiger partial charge in [-0.15, -0.1) is 22.7 Å². The van der Waals surface area contributed by atoms with Crippen molar-refractivity contribution in [1.82, 2.24) is 0 Å². The Hall–Kier alpha value is -1.13. The molecule has 162 valence electrons. The van der Waals surface area contributed by atoms with E-state index in [0.717, 1.165) is 15.3 Å². The maximum atomic E-state index is 13.1. The highest BCUT2D eigenvalue weighted by Gasteiger charge is 2.21. The van der Waals surface area contributed by atoms with E-state index in [4.69, 9.17) is 0 Å². The number of Topliss-reactive ketones (excluding diaryl/α,β-unsaturated/α-hetero) is 1. The van der Waals surface area contributed by atoms with Gasteiger partial charge < -0.3 is 5.11 Å². The summed E-state index contributed by atoms with van der Waals surface area (Å²) in [4.78, 5) is 14.9. The molecule has 2 aromatic rings. The first kappa shape index (κ1) is 24.1. The van der Waals surface area contributed by atoms with E-state index in [1.54, 1.807) is 17.4 Å². The minimum Gasteiger partial charge on any atom is -0.506 e. The van der Waals surface area contributed by atoms with Crippen LogP contribution in [-0.4, -0.2) is 10.9 Å². The largest absolute Gasteiger partial charge is 0.506 e. The van der Waals surface area contributed by atoms with Crippen LogP contribution in [0, 0.1) is 5.92 Å². The Bertz CT molecular complexity index is 701. The zero-order valence-corrected chi connectivity index (χ0v) is 19.9. The topological polar surface area (TPSA) is 37.3 Å². The predicted molar refractivity (Wildman–Crippen MR) is 128 cm³/mol. The molecule has 1 N–H and O–H groups in total. The highest BCUT2D eigenvalue weighted by molar-refractivity contribution is 7.21. The van der Waals surface area contributed by atoms with Crippen molar-refractivity contribution in [3.05, 3.63) is 28.5 Å². The summed E-state index contributed by atoms with van der Waals surface area (Å²) in [6, 6.07) is 3.66. The minimum atomic E-state index is 0.250. The lowest BCUT2D eigenvalue weighted by Crippen LogP contribution is -2.10. The molecule has 0 radical (unpaired) electrons. The molecule has 0 saturated heterocycles. The molecule has 29 heavy (non-hydrogen) atoms. The third kappa shape index (κ3) is 8.25. The van der Waals surface area contributed by atoms with Gasteiger partial charge in [0.2, 0.25) is 0 Å². The Labute approximate surface area is 185 Å². The maximum Gasteiger partial charge on any atom is 0.164 e. The van der Waals surface area contributed by atoms with Gasteiger partial charge in [-0.25, -0.2) is 0 Å². The summed E-state index contributed by atoms with van der Waals surface area (Å²) in [6.45, 7) is 4.50. The Morgan fingerprint density at radius 1 is 0.828 bits per heavy atom. The van der Waals surface area contributed by atoms with Gasteiger partial charge in [-0.1, -0.05) is 90.9 Å². The molecule has 0 fully saturated rings. The Morgan fingerprint density at radius 3 is 2.00 bits per heavy atom. The third-order valence-electron chi connectivity index (χ3n) is 5.72. The zero-order valence-electron chi connectivity index (χ0n) is 18.3. The van der Waals surface area contributed by atoms with Gasteiger partial charge in [-0.3, -0.25) is 4.79 Å². The summed E-state index contributed by atoms with van der Waals surface area (Å²) in [5.74, 6) is 1.03. The fourth-order valence-corrected chi connectivity index (χ4v) is 5.86. The van der Waals surface area contributed by atoms with E-state index in [0.29, 0.717) is 12.3 Å². The van der Waals surface area contributed by atoms with Crippen LogP contribution in [0.25, 0.3) is 9.75 Å². The van der Waals surface area contributed by atoms with Gasteiger partial charge in [0.15, 0.2) is 5.78 Å². The quantitative estimate of drug-likeness (QED) is 0.211. The Morgan fingerprint density at radius 2 is 1.38 bits per heavy atom. The summed E-state index contributed by atoms with van der Waals surface area (Å²) < 4.78 is 0. The lowest BCUT2D eigenvalue weighted by Gasteiger charge is -2.16. The van der Waals surface area contributed by atoms with Crippen molar-refractivity contribution in [2.75, 3.05) is 0 Å². The number of rotatable bonds is 16. The maximum absolute atomic E-state index is 13.1. The van der Waals surface area contributed by atoms with E-state index >= 15 is 0 Å². The molecule has 4 heteroatoms. The van der Waals surface area contributed by atoms with Crippen LogP contribution < -0.4 is 0 Å². The highest BCUT2D eigenvalue weighted by Crippen LogP contribution is 2.40. The van der Waals surface area contributed by atoms with Crippen molar-refractivity contribution in [1.29, 1.82) is 0 Å². The second-order valence-corrected chi connectivity index (χ2v) is 10.0. The van der Waals surface area contributed by atoms with E-state index < -0.39 is 0 Å². The number of carbonyl (C=O) groups excluding carboxylic acids is 1. The SMILES string of the molecule is CCCCCCCCC(CCCCCC)CC(=O)c1ccsc1-c1sccc1O. The normalized spacial score (nSPS) is 12.3. The van der Waals surface area contributed by atoms with Gasteiger partial charge >= 0.3 is 0 Å². The predicted octanol–water partition coefficient (Wildman–Crippen LogP) is 9.09. The summed E-state index contributed by atoms with van der Waals surface area (Å²) >= 11 is 3.07. The molecule has 2 rings (SSSR count). The molecule has 0 bridgehead atoms. The monoisotopic (exact) mass is 434 g/mol. The number of aromatic hydroxyl groups is 1. The third-order valence-corrected chi connectivity index (χ3v) is 7.70. The lowest BCUT2D eigenvalue weighted by atomic mass is 9.88. The molecular formula is C25H38O2S2. The molecule has 0 aliphatic heterocycles. The summed E-state index contributed by atoms with van der Waals surface area (Å²) in [5.41, 5.74) is 0.800. The van der Waals surface area contributed by atoms with Gasteiger partial charge in [0.1, 0.15) is 5.75 Å². The van der Waals surface area contributed by atoms with E-state index in [2.05, 4.69) is 13.8 Å². The van der Waals surface area contributed by atoms with Crippen LogP contribution in [0.4, 0.5) is 0 Å². The average Bonchev–Trinajstić information content (AvgIpc) is 3.36. The summed E-state index contributed by atoms with van der Waals surface area (Å²) in [7, 11) is 0. The molecule has 2 heterocycles. The number of carbonyl (C=O) groups is 1. The number of hydrogen-bond donors (Lipinski definition) is 1. The first-order valence-electron chi connectivity index (χ1n) is 11.5. The van der Waals surface area contributed by atoms with E-state index in [9.17, 15) is 9.90 Å². The van der Waals surface area contributed by atoms with E-state index in [-0.39, 0.29) is 11.5 Å². The molecule has 2 aromatic heterocycles. The van der Waals surface area contributed by atoms with Crippen molar-refractivity contribution < 1.29 is 9.90 Å². The van der Waals surface area contributed by atoms with Crippen molar-refractivity contribution in [2.45, 2.75) is 97.3 Å². The van der Waals surface area contributed by atoms with Crippen molar-refractivity contribution in [3.8, 4) is 15.5 Å². The molecule has 1 atom stereocenters. The first-order chi connectivity index (χ1) is 14.2. The van der Waals surface area contributed by atoms with Gasteiger partial charge in [-0.2, -0.15) is 0 Å². The Balaban J connectivity index is 1.93. The van der Waals surface area contributed by atoms with Crippen molar-refractivity contribution >= 4 is 28.5 Å². The molecule has 0 amide bonds. The van der Waals surface area contributed by atoms with Crippen LogP contribution in [0.2, 0.25) is 0 Å². The Kier molecular flexibility index (Phi) is 11.6. The number of ketones is 1. The van der Waals surface area contributed by atoms with Crippen LogP contribution in [0.15, 0.2) is 22.9 Å². The number of thiophene rings is 2. The molecule has 2 nitrogen and oxygen atoms in total. The van der Waals surface area contributed by atoms with Crippen LogP contribution in [0.1, 0.15) is 108 Å². The summed E-state index contributed by atoms with van der Waals surface area (Å²) in [5, 5.41) is 13.9. The number of unbranched alkanes of at least 4 members (excludes halogenated alkanes) is 8. The molecule has 0 aliphatic rings. The van der Waals surface area contributed by atoms with Crippen molar-refractivity contribution in [3.63, 3.8) is 0 Å². The highest BCUT2D eigenvalue weighted by atomic mass is 32.1.